The molecule has 94 valence electrons. The fourth-order valence-corrected chi connectivity index (χ4v) is 1.91. The monoisotopic (exact) mass is 256 g/mol. The van der Waals surface area contributed by atoms with E-state index in [0.29, 0.717) is 6.61 Å². The number of ether oxygens (including phenoxy) is 1. The maximum atomic E-state index is 11.2. The Morgan fingerprint density at radius 1 is 1.65 bits per heavy atom. The third-order valence-corrected chi connectivity index (χ3v) is 3.09. The largest absolute Gasteiger partial charge is 0.450 e. The number of nitrogens with zero attached hydrogens (tertiary/aromatic N) is 3. The minimum atomic E-state index is -0.548. The van der Waals surface area contributed by atoms with E-state index in [1.54, 1.807) is 14.0 Å². The van der Waals surface area contributed by atoms with Crippen molar-refractivity contribution in [2.75, 3.05) is 13.7 Å². The summed E-state index contributed by atoms with van der Waals surface area (Å²) in [6.07, 6.45) is -0.548. The first-order chi connectivity index (χ1) is 8.08. The van der Waals surface area contributed by atoms with Gasteiger partial charge >= 0.3 is 6.09 Å². The molecule has 17 heavy (non-hydrogen) atoms. The van der Waals surface area contributed by atoms with Crippen LogP contribution in [-0.2, 0) is 11.8 Å². The van der Waals surface area contributed by atoms with Crippen molar-refractivity contribution in [3.63, 3.8) is 0 Å². The van der Waals surface area contributed by atoms with E-state index in [1.807, 2.05) is 23.9 Å². The normalized spacial score (nSPS) is 12.7. The van der Waals surface area contributed by atoms with Crippen LogP contribution < -0.4 is 10.1 Å². The summed E-state index contributed by atoms with van der Waals surface area (Å²) in [6.45, 7) is 4.04. The van der Waals surface area contributed by atoms with Crippen molar-refractivity contribution in [1.82, 2.24) is 9.88 Å². The van der Waals surface area contributed by atoms with Crippen molar-refractivity contribution >= 4 is 23.4 Å². The van der Waals surface area contributed by atoms with Gasteiger partial charge in [-0.1, -0.05) is 0 Å². The summed E-state index contributed by atoms with van der Waals surface area (Å²) in [5.41, 5.74) is 1.10. The Bertz CT molecular complexity index is 487. The van der Waals surface area contributed by atoms with Gasteiger partial charge in [-0.25, -0.2) is 4.79 Å². The number of aromatic nitrogens is 1. The number of hydrogen-bond donors (Lipinski definition) is 1. The molecule has 1 amide bonds. The fraction of sp³-hybridized carbons (Fsp3) is 0.500. The van der Waals surface area contributed by atoms with E-state index in [9.17, 15) is 4.79 Å². The van der Waals surface area contributed by atoms with Gasteiger partial charge in [0.15, 0.2) is 4.80 Å². The minimum Gasteiger partial charge on any atom is -0.450 e. The first kappa shape index (κ1) is 13.4. The molecule has 0 aromatic carbocycles. The second kappa shape index (κ2) is 6.19. The van der Waals surface area contributed by atoms with Crippen LogP contribution in [0.5, 0.6) is 0 Å². The van der Waals surface area contributed by atoms with Gasteiger partial charge in [-0.15, -0.1) is 11.3 Å². The fourth-order valence-electron chi connectivity index (χ4n) is 1.03. The standard InChI is InChI=1S/C10H16N4O2S/c1-5-16-10(15)13-8(11-3)12-9-14(4)7(2)6-17-9/h6H,5H2,1-4H3,(H,11,13,15). The van der Waals surface area contributed by atoms with E-state index < -0.39 is 6.09 Å². The Balaban J connectivity index is 2.88. The molecule has 0 saturated carbocycles. The van der Waals surface area contributed by atoms with Gasteiger partial charge in [-0.05, 0) is 13.8 Å². The highest BCUT2D eigenvalue weighted by molar-refractivity contribution is 7.07. The zero-order valence-electron chi connectivity index (χ0n) is 10.4. The highest BCUT2D eigenvalue weighted by atomic mass is 32.1. The van der Waals surface area contributed by atoms with Gasteiger partial charge in [-0.3, -0.25) is 10.3 Å². The van der Waals surface area contributed by atoms with Crippen molar-refractivity contribution in [3.8, 4) is 0 Å². The first-order valence-corrected chi connectivity index (χ1v) is 6.02. The number of nitrogens with one attached hydrogen (secondary N) is 1. The zero-order valence-corrected chi connectivity index (χ0v) is 11.2. The molecule has 0 atom stereocenters. The molecule has 7 heteroatoms. The third kappa shape index (κ3) is 3.70. The van der Waals surface area contributed by atoms with Crippen LogP contribution in [0.3, 0.4) is 0 Å². The van der Waals surface area contributed by atoms with E-state index >= 15 is 0 Å². The molecule has 0 aliphatic carbocycles. The Morgan fingerprint density at radius 3 is 2.82 bits per heavy atom. The summed E-state index contributed by atoms with van der Waals surface area (Å²) < 4.78 is 6.67. The molecule has 0 unspecified atom stereocenters. The highest BCUT2D eigenvalue weighted by Gasteiger charge is 2.05. The number of alkyl carbamates (subject to hydrolysis) is 1. The van der Waals surface area contributed by atoms with Gasteiger partial charge in [0, 0.05) is 25.2 Å². The summed E-state index contributed by atoms with van der Waals surface area (Å²) in [5.74, 6) is 0.237. The van der Waals surface area contributed by atoms with E-state index in [-0.39, 0.29) is 5.96 Å². The van der Waals surface area contributed by atoms with Crippen LogP contribution in [0.1, 0.15) is 12.6 Å². The lowest BCUT2D eigenvalue weighted by molar-refractivity contribution is 0.157. The molecular weight excluding hydrogens is 240 g/mol. The van der Waals surface area contributed by atoms with Crippen LogP contribution in [0.2, 0.25) is 0 Å². The quantitative estimate of drug-likeness (QED) is 0.602. The van der Waals surface area contributed by atoms with Crippen LogP contribution in [-0.4, -0.2) is 30.3 Å². The average Bonchev–Trinajstić information content (AvgIpc) is 2.60. The number of thiazole rings is 1. The van der Waals surface area contributed by atoms with Crippen molar-refractivity contribution in [3.05, 3.63) is 15.9 Å². The maximum Gasteiger partial charge on any atom is 0.414 e. The molecule has 0 aliphatic heterocycles. The molecular formula is C10H16N4O2S. The Labute approximate surface area is 104 Å². The molecule has 0 spiro atoms. The number of amides is 1. The highest BCUT2D eigenvalue weighted by Crippen LogP contribution is 1.96. The Hall–Kier alpha value is -1.63. The molecule has 0 aliphatic rings. The summed E-state index contributed by atoms with van der Waals surface area (Å²) in [6, 6.07) is 0. The molecule has 1 rings (SSSR count). The average molecular weight is 256 g/mol. The molecule has 0 saturated heterocycles. The Kier molecular flexibility index (Phi) is 4.89. The topological polar surface area (TPSA) is 68.0 Å². The lowest BCUT2D eigenvalue weighted by Crippen LogP contribution is -2.31. The van der Waals surface area contributed by atoms with E-state index in [0.717, 1.165) is 10.5 Å². The van der Waals surface area contributed by atoms with Crippen molar-refractivity contribution < 1.29 is 9.53 Å². The van der Waals surface area contributed by atoms with E-state index in [4.69, 9.17) is 4.74 Å². The molecule has 0 bridgehead atoms. The van der Waals surface area contributed by atoms with Gasteiger partial charge in [0.1, 0.15) is 0 Å². The molecule has 1 aromatic heterocycles. The molecule has 0 radical (unpaired) electrons. The van der Waals surface area contributed by atoms with Crippen LogP contribution in [0, 0.1) is 6.92 Å². The van der Waals surface area contributed by atoms with Crippen molar-refractivity contribution in [2.24, 2.45) is 17.0 Å². The summed E-state index contributed by atoms with van der Waals surface area (Å²) in [4.78, 5) is 20.1. The lowest BCUT2D eigenvalue weighted by Gasteiger charge is -2.03. The maximum absolute atomic E-state index is 11.2. The lowest BCUT2D eigenvalue weighted by atomic mass is 10.6. The van der Waals surface area contributed by atoms with Gasteiger partial charge < -0.3 is 9.30 Å². The number of rotatable bonds is 1. The summed E-state index contributed by atoms with van der Waals surface area (Å²) in [5, 5.41) is 4.45. The number of carbonyl (C=O) groups excluding carboxylic acids is 1. The number of aliphatic imine (C=N–C) groups is 1. The molecule has 6 nitrogen and oxygen atoms in total. The minimum absolute atomic E-state index is 0.237. The molecule has 1 aromatic rings. The number of guanidine groups is 1. The van der Waals surface area contributed by atoms with Crippen molar-refractivity contribution in [1.29, 1.82) is 0 Å². The third-order valence-electron chi connectivity index (χ3n) is 2.05. The molecule has 0 fully saturated rings. The van der Waals surface area contributed by atoms with Crippen molar-refractivity contribution in [2.45, 2.75) is 13.8 Å². The number of hydrogen-bond acceptors (Lipinski definition) is 4. The smallest absolute Gasteiger partial charge is 0.414 e. The second-order valence-electron chi connectivity index (χ2n) is 3.22. The number of aryl methyl sites for hydroxylation is 1. The first-order valence-electron chi connectivity index (χ1n) is 5.14. The number of carbonyl (C=O) groups is 1. The van der Waals surface area contributed by atoms with Gasteiger partial charge in [0.25, 0.3) is 0 Å². The van der Waals surface area contributed by atoms with Crippen LogP contribution >= 0.6 is 11.3 Å². The van der Waals surface area contributed by atoms with Crippen LogP contribution in [0.15, 0.2) is 15.4 Å². The zero-order chi connectivity index (χ0) is 12.8. The van der Waals surface area contributed by atoms with Crippen LogP contribution in [0.4, 0.5) is 4.79 Å². The summed E-state index contributed by atoms with van der Waals surface area (Å²) >= 11 is 1.48. The predicted octanol–water partition coefficient (Wildman–Crippen LogP) is 1.03. The van der Waals surface area contributed by atoms with E-state index in [2.05, 4.69) is 15.3 Å². The van der Waals surface area contributed by atoms with Crippen LogP contribution in [0.25, 0.3) is 0 Å². The molecule has 1 N–H and O–H groups in total. The van der Waals surface area contributed by atoms with Gasteiger partial charge in [0.2, 0.25) is 5.96 Å². The Morgan fingerprint density at radius 2 is 2.35 bits per heavy atom. The predicted molar refractivity (Wildman–Crippen MR) is 67.1 cm³/mol. The second-order valence-corrected chi connectivity index (χ2v) is 4.06. The van der Waals surface area contributed by atoms with E-state index in [1.165, 1.54) is 11.3 Å². The summed E-state index contributed by atoms with van der Waals surface area (Å²) in [7, 11) is 3.47. The SMILES string of the molecule is CCOC(=O)NC(=NC)N=c1scc(C)n1C. The van der Waals surface area contributed by atoms with Gasteiger partial charge in [-0.2, -0.15) is 4.99 Å². The molecule has 1 heterocycles. The van der Waals surface area contributed by atoms with Gasteiger partial charge in [0.05, 0.1) is 6.61 Å².